The van der Waals surface area contributed by atoms with Gasteiger partial charge in [0, 0.05) is 26.2 Å². The third-order valence-electron chi connectivity index (χ3n) is 5.17. The van der Waals surface area contributed by atoms with Gasteiger partial charge < -0.3 is 20.6 Å². The number of hydrogen-bond donors (Lipinski definition) is 3. The van der Waals surface area contributed by atoms with Crippen LogP contribution in [-0.2, 0) is 5.60 Å². The highest BCUT2D eigenvalue weighted by Crippen LogP contribution is 2.23. The van der Waals surface area contributed by atoms with Crippen molar-refractivity contribution in [2.24, 2.45) is 16.8 Å². The van der Waals surface area contributed by atoms with Crippen molar-refractivity contribution in [3.63, 3.8) is 0 Å². The van der Waals surface area contributed by atoms with Crippen molar-refractivity contribution >= 4 is 17.3 Å². The molecular weight excluding hydrogens is 356 g/mol. The van der Waals surface area contributed by atoms with E-state index in [4.69, 9.17) is 0 Å². The van der Waals surface area contributed by atoms with Gasteiger partial charge in [-0.05, 0) is 73.9 Å². The van der Waals surface area contributed by atoms with E-state index in [9.17, 15) is 5.11 Å². The first-order chi connectivity index (χ1) is 12.9. The summed E-state index contributed by atoms with van der Waals surface area (Å²) in [6.07, 6.45) is 3.71. The lowest BCUT2D eigenvalue weighted by Gasteiger charge is -2.34. The van der Waals surface area contributed by atoms with E-state index in [-0.39, 0.29) is 0 Å². The van der Waals surface area contributed by atoms with Crippen LogP contribution in [0, 0.1) is 11.8 Å². The Hall–Kier alpha value is -1.11. The third-order valence-corrected chi connectivity index (χ3v) is 5.85. The molecule has 0 bridgehead atoms. The summed E-state index contributed by atoms with van der Waals surface area (Å²) in [5.74, 6) is 2.44. The molecule has 0 aromatic carbocycles. The Labute approximate surface area is 169 Å². The summed E-state index contributed by atoms with van der Waals surface area (Å²) in [6.45, 7) is 14.4. The van der Waals surface area contributed by atoms with Crippen LogP contribution in [0.15, 0.2) is 21.8 Å². The minimum Gasteiger partial charge on any atom is -0.383 e. The second-order valence-electron chi connectivity index (χ2n) is 8.32. The number of unbranched alkanes of at least 4 members (excludes halogenated alkanes) is 1. The average molecular weight is 395 g/mol. The normalized spacial score (nSPS) is 23.8. The molecule has 1 aliphatic rings. The van der Waals surface area contributed by atoms with Crippen LogP contribution in [0.2, 0.25) is 0 Å². The summed E-state index contributed by atoms with van der Waals surface area (Å²) in [5.41, 5.74) is 0.00127. The first kappa shape index (κ1) is 22.2. The van der Waals surface area contributed by atoms with E-state index in [1.54, 1.807) is 11.3 Å². The van der Waals surface area contributed by atoms with Crippen LogP contribution in [0.4, 0.5) is 0 Å². The Bertz CT molecular complexity index is 549. The summed E-state index contributed by atoms with van der Waals surface area (Å²) in [4.78, 5) is 7.21. The average Bonchev–Trinajstić information content (AvgIpc) is 3.14. The standard InChI is InChI=1S/C21H38N4OS/c1-5-22-20(24-16-21(4,26)19-8-11-27-15-19)23-9-6-7-10-25-13-17(2)12-18(3)14-25/h8,11,15,17-18,26H,5-7,9-10,12-14,16H2,1-4H3,(H2,22,23,24). The topological polar surface area (TPSA) is 59.9 Å². The molecular formula is C21H38N4OS. The number of thiophene rings is 1. The Morgan fingerprint density at radius 3 is 2.67 bits per heavy atom. The number of rotatable bonds is 9. The maximum Gasteiger partial charge on any atom is 0.191 e. The van der Waals surface area contributed by atoms with Crippen molar-refractivity contribution in [1.29, 1.82) is 0 Å². The molecule has 0 aliphatic carbocycles. The number of piperidine rings is 1. The fourth-order valence-electron chi connectivity index (χ4n) is 3.88. The monoisotopic (exact) mass is 394 g/mol. The van der Waals surface area contributed by atoms with Gasteiger partial charge in [0.15, 0.2) is 5.96 Å². The largest absolute Gasteiger partial charge is 0.383 e. The quantitative estimate of drug-likeness (QED) is 0.342. The molecule has 3 unspecified atom stereocenters. The third kappa shape index (κ3) is 7.80. The fourth-order valence-corrected chi connectivity index (χ4v) is 4.66. The van der Waals surface area contributed by atoms with E-state index in [1.807, 2.05) is 23.8 Å². The number of nitrogens with one attached hydrogen (secondary N) is 2. The van der Waals surface area contributed by atoms with Gasteiger partial charge in [-0.25, -0.2) is 4.99 Å². The zero-order valence-electron chi connectivity index (χ0n) is 17.5. The fraction of sp³-hybridized carbons (Fsp3) is 0.762. The van der Waals surface area contributed by atoms with Gasteiger partial charge in [-0.1, -0.05) is 13.8 Å². The van der Waals surface area contributed by atoms with Crippen LogP contribution in [0.5, 0.6) is 0 Å². The van der Waals surface area contributed by atoms with Gasteiger partial charge in [0.25, 0.3) is 0 Å². The van der Waals surface area contributed by atoms with Crippen molar-refractivity contribution < 1.29 is 5.11 Å². The molecule has 1 saturated heterocycles. The van der Waals surface area contributed by atoms with Crippen LogP contribution in [0.3, 0.4) is 0 Å². The van der Waals surface area contributed by atoms with Crippen LogP contribution in [0.1, 0.15) is 52.5 Å². The van der Waals surface area contributed by atoms with Crippen molar-refractivity contribution in [3.05, 3.63) is 22.4 Å². The van der Waals surface area contributed by atoms with Gasteiger partial charge in [0.05, 0.1) is 6.54 Å². The Morgan fingerprint density at radius 2 is 2.04 bits per heavy atom. The molecule has 1 aromatic rings. The van der Waals surface area contributed by atoms with Crippen molar-refractivity contribution in [2.75, 3.05) is 39.3 Å². The molecule has 154 valence electrons. The highest BCUT2D eigenvalue weighted by Gasteiger charge is 2.23. The SMILES string of the molecule is CCNC(=NCC(C)(O)c1ccsc1)NCCCCN1CC(C)CC(C)C1. The van der Waals surface area contributed by atoms with E-state index in [2.05, 4.69) is 41.3 Å². The number of nitrogens with zero attached hydrogens (tertiary/aromatic N) is 2. The number of aliphatic imine (C=N–C) groups is 1. The van der Waals surface area contributed by atoms with Gasteiger partial charge in [0.2, 0.25) is 0 Å². The van der Waals surface area contributed by atoms with Crippen molar-refractivity contribution in [3.8, 4) is 0 Å². The van der Waals surface area contributed by atoms with E-state index in [0.717, 1.165) is 42.9 Å². The van der Waals surface area contributed by atoms with Gasteiger partial charge in [-0.2, -0.15) is 11.3 Å². The van der Waals surface area contributed by atoms with Crippen molar-refractivity contribution in [2.45, 2.75) is 52.6 Å². The second kappa shape index (κ2) is 11.0. The molecule has 0 amide bonds. The molecule has 3 N–H and O–H groups in total. The summed E-state index contributed by atoms with van der Waals surface area (Å²) in [6, 6.07) is 1.96. The van der Waals surface area contributed by atoms with E-state index in [0.29, 0.717) is 6.54 Å². The molecule has 6 heteroatoms. The number of guanidine groups is 1. The van der Waals surface area contributed by atoms with Crippen LogP contribution < -0.4 is 10.6 Å². The van der Waals surface area contributed by atoms with Gasteiger partial charge in [-0.3, -0.25) is 0 Å². The number of likely N-dealkylation sites (tertiary alicyclic amines) is 1. The second-order valence-corrected chi connectivity index (χ2v) is 9.10. The predicted octanol–water partition coefficient (Wildman–Crippen LogP) is 3.27. The zero-order chi connectivity index (χ0) is 19.7. The Balaban J connectivity index is 1.71. The van der Waals surface area contributed by atoms with Crippen LogP contribution >= 0.6 is 11.3 Å². The Kier molecular flexibility index (Phi) is 9.06. The minimum absolute atomic E-state index is 0.350. The van der Waals surface area contributed by atoms with E-state index < -0.39 is 5.60 Å². The highest BCUT2D eigenvalue weighted by atomic mass is 32.1. The highest BCUT2D eigenvalue weighted by molar-refractivity contribution is 7.08. The zero-order valence-corrected chi connectivity index (χ0v) is 18.3. The lowest BCUT2D eigenvalue weighted by molar-refractivity contribution is 0.0677. The Morgan fingerprint density at radius 1 is 1.30 bits per heavy atom. The molecule has 2 heterocycles. The first-order valence-electron chi connectivity index (χ1n) is 10.4. The lowest BCUT2D eigenvalue weighted by atomic mass is 9.92. The minimum atomic E-state index is -0.927. The summed E-state index contributed by atoms with van der Waals surface area (Å²) < 4.78 is 0. The van der Waals surface area contributed by atoms with Crippen molar-refractivity contribution in [1.82, 2.24) is 15.5 Å². The summed E-state index contributed by atoms with van der Waals surface area (Å²) in [5, 5.41) is 21.3. The summed E-state index contributed by atoms with van der Waals surface area (Å²) in [7, 11) is 0. The number of hydrogen-bond acceptors (Lipinski definition) is 4. The first-order valence-corrected chi connectivity index (χ1v) is 11.3. The molecule has 1 aromatic heterocycles. The number of aliphatic hydroxyl groups is 1. The molecule has 0 saturated carbocycles. The molecule has 1 fully saturated rings. The molecule has 0 spiro atoms. The molecule has 27 heavy (non-hydrogen) atoms. The van der Waals surface area contributed by atoms with Crippen LogP contribution in [-0.4, -0.2) is 55.2 Å². The molecule has 0 radical (unpaired) electrons. The summed E-state index contributed by atoms with van der Waals surface area (Å²) >= 11 is 1.60. The van der Waals surface area contributed by atoms with Gasteiger partial charge in [-0.15, -0.1) is 0 Å². The molecule has 1 aliphatic heterocycles. The van der Waals surface area contributed by atoms with Gasteiger partial charge in [0.1, 0.15) is 5.60 Å². The van der Waals surface area contributed by atoms with E-state index >= 15 is 0 Å². The molecule has 2 rings (SSSR count). The van der Waals surface area contributed by atoms with Crippen LogP contribution in [0.25, 0.3) is 0 Å². The van der Waals surface area contributed by atoms with Gasteiger partial charge >= 0.3 is 0 Å². The lowest BCUT2D eigenvalue weighted by Crippen LogP contribution is -2.40. The smallest absolute Gasteiger partial charge is 0.191 e. The molecule has 5 nitrogen and oxygen atoms in total. The maximum absolute atomic E-state index is 10.6. The maximum atomic E-state index is 10.6. The molecule has 3 atom stereocenters. The predicted molar refractivity (Wildman–Crippen MR) is 116 cm³/mol. The van der Waals surface area contributed by atoms with E-state index in [1.165, 1.54) is 32.5 Å².